The Morgan fingerprint density at radius 3 is 1.26 bits per heavy atom. The van der Waals surface area contributed by atoms with Gasteiger partial charge in [-0.2, -0.15) is 0 Å². The van der Waals surface area contributed by atoms with Crippen molar-refractivity contribution >= 4 is 49.6 Å². The van der Waals surface area contributed by atoms with E-state index in [1.807, 2.05) is 74.5 Å². The number of nitrogens with zero attached hydrogens (tertiary/aromatic N) is 8. The van der Waals surface area contributed by atoms with Gasteiger partial charge in [-0.3, -0.25) is 23.8 Å². The van der Waals surface area contributed by atoms with Gasteiger partial charge in [-0.1, -0.05) is 29.7 Å². The van der Waals surface area contributed by atoms with Crippen molar-refractivity contribution in [2.24, 2.45) is 0 Å². The second-order valence-corrected chi connectivity index (χ2v) is 27.2. The van der Waals surface area contributed by atoms with Crippen molar-refractivity contribution < 1.29 is 32.2 Å². The van der Waals surface area contributed by atoms with Gasteiger partial charge in [-0.25, -0.2) is 15.0 Å². The van der Waals surface area contributed by atoms with Crippen LogP contribution in [-0.2, 0) is 42.4 Å². The van der Waals surface area contributed by atoms with Crippen LogP contribution in [0.4, 0.5) is 11.4 Å². The lowest BCUT2D eigenvalue weighted by Crippen LogP contribution is -2.36. The fourth-order valence-corrected chi connectivity index (χ4v) is 12.6. The van der Waals surface area contributed by atoms with Crippen molar-refractivity contribution in [1.29, 1.82) is 0 Å². The number of pyridine rings is 3. The van der Waals surface area contributed by atoms with E-state index in [1.165, 1.54) is 0 Å². The highest BCUT2D eigenvalue weighted by molar-refractivity contribution is 7.69. The molecule has 0 spiro atoms. The number of rotatable bonds is 21. The second-order valence-electron chi connectivity index (χ2n) is 19.2. The van der Waals surface area contributed by atoms with Crippen LogP contribution in [0.1, 0.15) is 80.9 Å². The van der Waals surface area contributed by atoms with Crippen LogP contribution in [0.2, 0.25) is 0 Å². The summed E-state index contributed by atoms with van der Waals surface area (Å²) in [4.78, 5) is 26.5. The van der Waals surface area contributed by atoms with Crippen LogP contribution in [0.5, 0.6) is 11.5 Å². The summed E-state index contributed by atoms with van der Waals surface area (Å²) in [6.07, 6.45) is 0. The largest absolute Gasteiger partial charge is 0.495 e. The van der Waals surface area contributed by atoms with E-state index < -0.39 is 21.9 Å². The fraction of sp³-hybridized carbons (Fsp3) is 0.466. The zero-order valence-corrected chi connectivity index (χ0v) is 49.6. The molecule has 6 rings (SSSR count). The van der Waals surface area contributed by atoms with Crippen molar-refractivity contribution in [1.82, 2.24) is 29.7 Å². The van der Waals surface area contributed by atoms with E-state index in [4.69, 9.17) is 33.5 Å². The predicted octanol–water partition coefficient (Wildman–Crippen LogP) is 8.59. The minimum absolute atomic E-state index is 0.276. The maximum atomic E-state index is 14.1. The van der Waals surface area contributed by atoms with E-state index in [9.17, 15) is 13.7 Å². The molecule has 3 aromatic heterocycles. The first-order chi connectivity index (χ1) is 36.3. The quantitative estimate of drug-likeness (QED) is 0.0511. The summed E-state index contributed by atoms with van der Waals surface area (Å²) in [5, 5.41) is 0. The average Bonchev–Trinajstić information content (AvgIpc) is 3.48. The molecule has 1 saturated heterocycles. The highest BCUT2D eigenvalue weighted by Gasteiger charge is 2.26. The highest BCUT2D eigenvalue weighted by atomic mass is 31.2. The van der Waals surface area contributed by atoms with Crippen LogP contribution < -0.4 is 35.6 Å². The van der Waals surface area contributed by atoms with Gasteiger partial charge in [0.1, 0.15) is 34.9 Å². The van der Waals surface area contributed by atoms with Crippen molar-refractivity contribution in [3.8, 4) is 35.2 Å². The zero-order valence-electron chi connectivity index (χ0n) is 46.9. The summed E-state index contributed by atoms with van der Waals surface area (Å²) >= 11 is 0. The number of anilines is 2. The lowest BCUT2D eigenvalue weighted by Gasteiger charge is -2.26. The Hall–Kier alpha value is -5.30. The third-order valence-corrected chi connectivity index (χ3v) is 18.3. The summed E-state index contributed by atoms with van der Waals surface area (Å²) in [6.45, 7) is 28.4. The minimum Gasteiger partial charge on any atom is -0.495 e. The molecule has 0 bridgehead atoms. The van der Waals surface area contributed by atoms with Gasteiger partial charge in [-0.15, -0.1) is 0 Å². The molecule has 76 heavy (non-hydrogen) atoms. The third kappa shape index (κ3) is 16.6. The first-order valence-electron chi connectivity index (χ1n) is 26.4. The smallest absolute Gasteiger partial charge is 0.247 e. The van der Waals surface area contributed by atoms with Crippen molar-refractivity contribution in [2.45, 2.75) is 61.2 Å². The normalized spacial score (nSPS) is 15.4. The first kappa shape index (κ1) is 59.9. The maximum Gasteiger partial charge on any atom is 0.247 e. The number of hydrogen-bond donors (Lipinski definition) is 0. The van der Waals surface area contributed by atoms with Gasteiger partial charge in [-0.05, 0) is 128 Å². The van der Waals surface area contributed by atoms with Gasteiger partial charge in [0, 0.05) is 121 Å². The molecule has 0 aliphatic carbocycles. The van der Waals surface area contributed by atoms with Crippen LogP contribution in [0.25, 0.3) is 0 Å². The maximum absolute atomic E-state index is 14.1. The lowest BCUT2D eigenvalue weighted by molar-refractivity contribution is 0.207. The van der Waals surface area contributed by atoms with Gasteiger partial charge in [0.25, 0.3) is 0 Å². The second kappa shape index (κ2) is 27.8. The van der Waals surface area contributed by atoms with Crippen molar-refractivity contribution in [2.75, 3.05) is 129 Å². The molecule has 15 nitrogen and oxygen atoms in total. The Kier molecular flexibility index (Phi) is 22.0. The molecular formula is C58H79N8O7P3. The third-order valence-electron chi connectivity index (χ3n) is 13.3. The summed E-state index contributed by atoms with van der Waals surface area (Å²) in [7, 11) is -5.83. The SMILES string of the molecule is CCOP(C)(=O)c1cccc(CN2CCN(Cc3cc(C#Cc4ccc(OC)c(N(CC)CC)c4)cc(P(C)(C)=O)n3)CCN(Cc3cc(C#Cc4ccc(OC)c(N(CC)CC)c4)cc(P(C)(=O)OCC)n3)CC2)n1. The van der Waals surface area contributed by atoms with E-state index in [-0.39, 0.29) is 6.61 Å². The standard InChI is InChI=1S/C58H79N8O7P3/c1-13-65(14-2)52-38-45(26-28-54(52)70-7)22-24-47-36-50(60-57(40-47)74(9,10)67)43-63-32-30-62(42-49-20-19-21-56(59-49)75(11,68)72-17-5)31-33-64(35-34-63)44-51-37-48(41-58(61-51)76(12,69)73-18-6)25-23-46-27-29-55(71-8)53(39-46)66(15-3)16-4/h19-21,26-29,36-41H,13-18,30-35,42-44H2,1-12H3. The fourth-order valence-electron chi connectivity index (χ4n) is 9.13. The van der Waals surface area contributed by atoms with Gasteiger partial charge >= 0.3 is 0 Å². The first-order valence-corrected chi connectivity index (χ1v) is 33.2. The Morgan fingerprint density at radius 1 is 0.474 bits per heavy atom. The molecule has 0 saturated carbocycles. The molecule has 0 N–H and O–H groups in total. The summed E-state index contributed by atoms with van der Waals surface area (Å²) in [5.41, 5.74) is 8.72. The van der Waals surface area contributed by atoms with Crippen molar-refractivity contribution in [3.05, 3.63) is 118 Å². The van der Waals surface area contributed by atoms with Gasteiger partial charge in [0.15, 0.2) is 0 Å². The van der Waals surface area contributed by atoms with E-state index in [0.717, 1.165) is 82.8 Å². The number of aromatic nitrogens is 3. The molecule has 18 heteroatoms. The van der Waals surface area contributed by atoms with Crippen LogP contribution in [0.3, 0.4) is 0 Å². The van der Waals surface area contributed by atoms with E-state index in [0.29, 0.717) is 87.4 Å². The number of methoxy groups -OCH3 is 2. The van der Waals surface area contributed by atoms with Gasteiger partial charge < -0.3 is 32.9 Å². The Balaban J connectivity index is 1.36. The monoisotopic (exact) mass is 1090 g/mol. The molecule has 0 amide bonds. The molecule has 2 unspecified atom stereocenters. The zero-order chi connectivity index (χ0) is 55.0. The molecule has 1 aliphatic heterocycles. The molecule has 1 aliphatic rings. The molecular weight excluding hydrogens is 1010 g/mol. The highest BCUT2D eigenvalue weighted by Crippen LogP contribution is 2.41. The number of ether oxygens (including phenoxy) is 2. The molecule has 408 valence electrons. The van der Waals surface area contributed by atoms with E-state index in [1.54, 1.807) is 53.0 Å². The van der Waals surface area contributed by atoms with E-state index in [2.05, 4.69) is 81.9 Å². The average molecular weight is 1090 g/mol. The summed E-state index contributed by atoms with van der Waals surface area (Å²) < 4.78 is 64.3. The number of benzene rings is 2. The number of hydrogen-bond acceptors (Lipinski definition) is 15. The molecule has 2 atom stereocenters. The van der Waals surface area contributed by atoms with Crippen molar-refractivity contribution in [3.63, 3.8) is 0 Å². The Morgan fingerprint density at radius 2 is 0.855 bits per heavy atom. The lowest BCUT2D eigenvalue weighted by atomic mass is 10.1. The molecule has 1 fully saturated rings. The van der Waals surface area contributed by atoms with Crippen LogP contribution in [0, 0.1) is 23.7 Å². The Labute approximate surface area is 453 Å². The molecule has 0 radical (unpaired) electrons. The topological polar surface area (TPSA) is 143 Å². The van der Waals surface area contributed by atoms with Gasteiger partial charge in [0.2, 0.25) is 14.7 Å². The molecule has 2 aromatic carbocycles. The molecule has 5 aromatic rings. The Bertz CT molecular complexity index is 3050. The predicted molar refractivity (Wildman–Crippen MR) is 312 cm³/mol. The van der Waals surface area contributed by atoms with Crippen LogP contribution >= 0.6 is 21.9 Å². The van der Waals surface area contributed by atoms with Crippen LogP contribution in [-0.4, -0.2) is 149 Å². The summed E-state index contributed by atoms with van der Waals surface area (Å²) in [5.74, 6) is 15.1. The molecule has 4 heterocycles. The minimum atomic E-state index is -3.30. The van der Waals surface area contributed by atoms with Crippen LogP contribution in [0.15, 0.2) is 78.9 Å². The van der Waals surface area contributed by atoms with Gasteiger partial charge in [0.05, 0.1) is 55.9 Å². The summed E-state index contributed by atoms with van der Waals surface area (Å²) in [6, 6.07) is 25.2. The van der Waals surface area contributed by atoms with E-state index >= 15 is 0 Å².